The van der Waals surface area contributed by atoms with Crippen LogP contribution in [0.25, 0.3) is 0 Å². The van der Waals surface area contributed by atoms with E-state index in [-0.39, 0.29) is 5.41 Å². The van der Waals surface area contributed by atoms with E-state index in [2.05, 4.69) is 13.8 Å². The summed E-state index contributed by atoms with van der Waals surface area (Å²) in [5, 5.41) is 0. The molecule has 0 N–H and O–H groups in total. The lowest BCUT2D eigenvalue weighted by atomic mass is 9.76. The molecule has 2 fully saturated rings. The van der Waals surface area contributed by atoms with E-state index >= 15 is 0 Å². The fourth-order valence-corrected chi connectivity index (χ4v) is 4.95. The molecule has 0 heterocycles. The second kappa shape index (κ2) is 3.56. The Kier molecular flexibility index (Phi) is 2.81. The van der Waals surface area contributed by atoms with Crippen LogP contribution in [0.3, 0.4) is 0 Å². The van der Waals surface area contributed by atoms with Crippen molar-refractivity contribution in [1.29, 1.82) is 0 Å². The van der Waals surface area contributed by atoms with Crippen molar-refractivity contribution in [2.24, 2.45) is 17.3 Å². The van der Waals surface area contributed by atoms with Gasteiger partial charge in [0.05, 0.1) is 0 Å². The molecular formula is C12H19Cl2. The summed E-state index contributed by atoms with van der Waals surface area (Å²) in [6.07, 6.45) is 7.20. The SMILES string of the molecule is [CH2]CC(CC)C12CCCCC1C2(Cl)Cl. The van der Waals surface area contributed by atoms with Gasteiger partial charge in [0.25, 0.3) is 0 Å². The second-order valence-corrected chi connectivity index (χ2v) is 6.24. The topological polar surface area (TPSA) is 0 Å². The van der Waals surface area contributed by atoms with Crippen LogP contribution in [0.4, 0.5) is 0 Å². The molecule has 0 spiro atoms. The molecule has 81 valence electrons. The quantitative estimate of drug-likeness (QED) is 0.626. The molecule has 2 aliphatic rings. The molecule has 2 rings (SSSR count). The van der Waals surface area contributed by atoms with Crippen LogP contribution in [0.5, 0.6) is 0 Å². The highest BCUT2D eigenvalue weighted by Crippen LogP contribution is 2.78. The van der Waals surface area contributed by atoms with E-state index in [0.29, 0.717) is 11.8 Å². The number of halogens is 2. The highest BCUT2D eigenvalue weighted by molar-refractivity contribution is 6.52. The van der Waals surface area contributed by atoms with Crippen LogP contribution in [0, 0.1) is 24.2 Å². The van der Waals surface area contributed by atoms with Crippen LogP contribution < -0.4 is 0 Å². The first kappa shape index (κ1) is 11.1. The Hall–Kier alpha value is 0.580. The van der Waals surface area contributed by atoms with Crippen molar-refractivity contribution in [2.45, 2.75) is 49.8 Å². The lowest BCUT2D eigenvalue weighted by molar-refractivity contribution is 0.214. The number of alkyl halides is 2. The van der Waals surface area contributed by atoms with Gasteiger partial charge >= 0.3 is 0 Å². The number of hydrogen-bond donors (Lipinski definition) is 0. The summed E-state index contributed by atoms with van der Waals surface area (Å²) < 4.78 is -0.429. The van der Waals surface area contributed by atoms with Crippen molar-refractivity contribution in [2.75, 3.05) is 0 Å². The summed E-state index contributed by atoms with van der Waals surface area (Å²) in [4.78, 5) is 0. The zero-order valence-corrected chi connectivity index (χ0v) is 10.4. The maximum absolute atomic E-state index is 6.46. The minimum Gasteiger partial charge on any atom is -0.101 e. The monoisotopic (exact) mass is 233 g/mol. The lowest BCUT2D eigenvalue weighted by Crippen LogP contribution is -2.23. The lowest BCUT2D eigenvalue weighted by Gasteiger charge is -2.30. The van der Waals surface area contributed by atoms with E-state index < -0.39 is 4.33 Å². The fourth-order valence-electron chi connectivity index (χ4n) is 3.69. The number of hydrogen-bond acceptors (Lipinski definition) is 0. The third-order valence-electron chi connectivity index (χ3n) is 4.50. The van der Waals surface area contributed by atoms with Gasteiger partial charge in [0, 0.05) is 11.3 Å². The van der Waals surface area contributed by atoms with Crippen molar-refractivity contribution in [3.63, 3.8) is 0 Å². The van der Waals surface area contributed by atoms with Gasteiger partial charge < -0.3 is 0 Å². The van der Waals surface area contributed by atoms with Gasteiger partial charge in [-0.3, -0.25) is 0 Å². The number of fused-ring (bicyclic) bond motifs is 1. The molecule has 0 aromatic heterocycles. The molecule has 0 aromatic rings. The van der Waals surface area contributed by atoms with Gasteiger partial charge in [-0.1, -0.05) is 33.1 Å². The minimum absolute atomic E-state index is 0.227. The first-order chi connectivity index (χ1) is 6.61. The maximum atomic E-state index is 6.46. The predicted octanol–water partition coefficient (Wildman–Crippen LogP) is 4.60. The zero-order chi connectivity index (χ0) is 10.4. The maximum Gasteiger partial charge on any atom is 0.128 e. The molecule has 0 saturated heterocycles. The molecule has 2 aliphatic carbocycles. The Morgan fingerprint density at radius 1 is 1.43 bits per heavy atom. The van der Waals surface area contributed by atoms with E-state index in [0.717, 1.165) is 6.42 Å². The van der Waals surface area contributed by atoms with Crippen molar-refractivity contribution in [3.8, 4) is 0 Å². The average molecular weight is 234 g/mol. The fraction of sp³-hybridized carbons (Fsp3) is 0.917. The average Bonchev–Trinajstić information content (AvgIpc) is 2.68. The second-order valence-electron chi connectivity index (χ2n) is 4.86. The summed E-state index contributed by atoms with van der Waals surface area (Å²) in [6, 6.07) is 0. The van der Waals surface area contributed by atoms with Crippen molar-refractivity contribution >= 4 is 23.2 Å². The first-order valence-electron chi connectivity index (χ1n) is 5.78. The van der Waals surface area contributed by atoms with Crippen LogP contribution >= 0.6 is 23.2 Å². The van der Waals surface area contributed by atoms with Gasteiger partial charge in [0.1, 0.15) is 4.33 Å². The van der Waals surface area contributed by atoms with Gasteiger partial charge in [-0.15, -0.1) is 23.2 Å². The van der Waals surface area contributed by atoms with E-state index in [1.165, 1.54) is 32.1 Å². The standard InChI is InChI=1S/C12H19Cl2/c1-3-9(4-2)11-8-6-5-7-10(11)12(11,13)14/h9-10H,1,3-8H2,2H3. The molecular weight excluding hydrogens is 215 g/mol. The van der Waals surface area contributed by atoms with E-state index in [4.69, 9.17) is 23.2 Å². The molecule has 3 atom stereocenters. The third kappa shape index (κ3) is 1.19. The highest BCUT2D eigenvalue weighted by atomic mass is 35.5. The van der Waals surface area contributed by atoms with Gasteiger partial charge in [0.2, 0.25) is 0 Å². The van der Waals surface area contributed by atoms with Crippen molar-refractivity contribution in [3.05, 3.63) is 6.92 Å². The summed E-state index contributed by atoms with van der Waals surface area (Å²) >= 11 is 12.9. The molecule has 1 radical (unpaired) electrons. The van der Waals surface area contributed by atoms with Crippen LogP contribution in [-0.4, -0.2) is 4.33 Å². The Labute approximate surface area is 97.3 Å². The molecule has 0 aliphatic heterocycles. The predicted molar refractivity (Wildman–Crippen MR) is 62.6 cm³/mol. The third-order valence-corrected chi connectivity index (χ3v) is 5.73. The first-order valence-corrected chi connectivity index (χ1v) is 6.54. The van der Waals surface area contributed by atoms with Crippen LogP contribution in [-0.2, 0) is 0 Å². The largest absolute Gasteiger partial charge is 0.128 e. The molecule has 0 amide bonds. The van der Waals surface area contributed by atoms with E-state index in [1.54, 1.807) is 0 Å². The molecule has 2 heteroatoms. The Morgan fingerprint density at radius 3 is 2.64 bits per heavy atom. The molecule has 0 bridgehead atoms. The van der Waals surface area contributed by atoms with Crippen molar-refractivity contribution in [1.82, 2.24) is 0 Å². The van der Waals surface area contributed by atoms with Gasteiger partial charge in [-0.25, -0.2) is 0 Å². The van der Waals surface area contributed by atoms with Crippen LogP contribution in [0.1, 0.15) is 45.4 Å². The highest BCUT2D eigenvalue weighted by Gasteiger charge is 2.77. The van der Waals surface area contributed by atoms with Gasteiger partial charge in [-0.05, 0) is 25.2 Å². The summed E-state index contributed by atoms with van der Waals surface area (Å²) in [5.74, 6) is 1.18. The smallest absolute Gasteiger partial charge is 0.101 e. The van der Waals surface area contributed by atoms with E-state index in [1.807, 2.05) is 0 Å². The molecule has 14 heavy (non-hydrogen) atoms. The summed E-state index contributed by atoms with van der Waals surface area (Å²) in [6.45, 7) is 6.29. The summed E-state index contributed by atoms with van der Waals surface area (Å²) in [7, 11) is 0. The number of rotatable bonds is 3. The van der Waals surface area contributed by atoms with Crippen LogP contribution in [0.2, 0.25) is 0 Å². The minimum atomic E-state index is -0.429. The Bertz CT molecular complexity index is 220. The van der Waals surface area contributed by atoms with Gasteiger partial charge in [-0.2, -0.15) is 0 Å². The van der Waals surface area contributed by atoms with Gasteiger partial charge in [0.15, 0.2) is 0 Å². The molecule has 0 aromatic carbocycles. The summed E-state index contributed by atoms with van der Waals surface area (Å²) in [5.41, 5.74) is 0.227. The zero-order valence-electron chi connectivity index (χ0n) is 8.86. The Balaban J connectivity index is 2.21. The molecule has 0 nitrogen and oxygen atoms in total. The normalized spacial score (nSPS) is 39.6. The van der Waals surface area contributed by atoms with E-state index in [9.17, 15) is 0 Å². The Morgan fingerprint density at radius 2 is 2.14 bits per heavy atom. The van der Waals surface area contributed by atoms with Crippen LogP contribution in [0.15, 0.2) is 0 Å². The molecule has 2 saturated carbocycles. The van der Waals surface area contributed by atoms with Crippen molar-refractivity contribution < 1.29 is 0 Å². The molecule has 3 unspecified atom stereocenters.